The lowest BCUT2D eigenvalue weighted by Crippen LogP contribution is -2.48. The van der Waals surface area contributed by atoms with Gasteiger partial charge in [-0.05, 0) is 97.6 Å². The Kier molecular flexibility index (Phi) is 4.41. The van der Waals surface area contributed by atoms with Gasteiger partial charge < -0.3 is 9.64 Å². The highest BCUT2D eigenvalue weighted by Gasteiger charge is 2.51. The van der Waals surface area contributed by atoms with Crippen LogP contribution in [0, 0.1) is 23.6 Å². The molecule has 0 aromatic heterocycles. The van der Waals surface area contributed by atoms with Crippen molar-refractivity contribution in [3.63, 3.8) is 0 Å². The predicted molar refractivity (Wildman–Crippen MR) is 111 cm³/mol. The van der Waals surface area contributed by atoms with Gasteiger partial charge in [0.1, 0.15) is 5.75 Å². The van der Waals surface area contributed by atoms with E-state index in [9.17, 15) is 9.18 Å². The average molecular weight is 394 g/mol. The van der Waals surface area contributed by atoms with Gasteiger partial charge in [-0.2, -0.15) is 0 Å². The van der Waals surface area contributed by atoms with Crippen LogP contribution in [-0.4, -0.2) is 24.9 Å². The summed E-state index contributed by atoms with van der Waals surface area (Å²) >= 11 is 0. The molecule has 4 aliphatic rings. The molecule has 4 bridgehead atoms. The van der Waals surface area contributed by atoms with E-state index < -0.39 is 5.82 Å². The molecule has 1 amide bonds. The molecule has 0 N–H and O–H groups in total. The number of ether oxygens (including phenoxy) is 1. The van der Waals surface area contributed by atoms with Crippen molar-refractivity contribution >= 4 is 5.91 Å². The Morgan fingerprint density at radius 3 is 2.07 bits per heavy atom. The number of hydrogen-bond donors (Lipinski definition) is 0. The fraction of sp³-hybridized carbons (Fsp3) is 0.480. The number of halogens is 1. The lowest BCUT2D eigenvalue weighted by Gasteiger charge is -2.57. The Morgan fingerprint density at radius 2 is 1.55 bits per heavy atom. The molecule has 29 heavy (non-hydrogen) atoms. The second kappa shape index (κ2) is 6.86. The van der Waals surface area contributed by atoms with Gasteiger partial charge in [-0.1, -0.05) is 12.1 Å². The molecule has 152 valence electrons. The van der Waals surface area contributed by atoms with Crippen LogP contribution in [0.1, 0.15) is 54.4 Å². The molecule has 2 aromatic rings. The van der Waals surface area contributed by atoms with Gasteiger partial charge in [0.2, 0.25) is 0 Å². The van der Waals surface area contributed by atoms with E-state index >= 15 is 0 Å². The largest absolute Gasteiger partial charge is 0.454 e. The number of amides is 1. The summed E-state index contributed by atoms with van der Waals surface area (Å²) in [6.07, 6.45) is 8.30. The number of rotatable bonds is 4. The third kappa shape index (κ3) is 3.33. The van der Waals surface area contributed by atoms with Crippen molar-refractivity contribution in [2.24, 2.45) is 17.8 Å². The SMILES string of the molecule is CN(C)C(=O)c1ccc(Oc2ccc(C34CC5CC(CC(C5)C3)C4)cc2)c(F)c1. The van der Waals surface area contributed by atoms with Gasteiger partial charge in [0.25, 0.3) is 5.91 Å². The van der Waals surface area contributed by atoms with Crippen molar-refractivity contribution in [1.82, 2.24) is 4.90 Å². The summed E-state index contributed by atoms with van der Waals surface area (Å²) in [6.45, 7) is 0. The molecule has 0 atom stereocenters. The minimum Gasteiger partial charge on any atom is -0.454 e. The van der Waals surface area contributed by atoms with Crippen LogP contribution < -0.4 is 4.74 Å². The van der Waals surface area contributed by atoms with Crippen molar-refractivity contribution in [2.45, 2.75) is 43.9 Å². The Balaban J connectivity index is 1.33. The van der Waals surface area contributed by atoms with Crippen molar-refractivity contribution in [3.8, 4) is 11.5 Å². The molecule has 0 saturated heterocycles. The Bertz CT molecular complexity index is 899. The summed E-state index contributed by atoms with van der Waals surface area (Å²) < 4.78 is 20.2. The average Bonchev–Trinajstić information content (AvgIpc) is 2.68. The zero-order chi connectivity index (χ0) is 20.2. The van der Waals surface area contributed by atoms with Crippen molar-refractivity contribution in [1.29, 1.82) is 0 Å². The molecule has 2 aromatic carbocycles. The Labute approximate surface area is 171 Å². The van der Waals surface area contributed by atoms with E-state index in [1.807, 2.05) is 12.1 Å². The molecule has 4 heteroatoms. The third-order valence-corrected chi connectivity index (χ3v) is 7.32. The van der Waals surface area contributed by atoms with E-state index in [4.69, 9.17) is 4.74 Å². The van der Waals surface area contributed by atoms with Gasteiger partial charge in [-0.15, -0.1) is 0 Å². The number of carbonyl (C=O) groups is 1. The highest BCUT2D eigenvalue weighted by atomic mass is 19.1. The van der Waals surface area contributed by atoms with E-state index in [2.05, 4.69) is 12.1 Å². The maximum Gasteiger partial charge on any atom is 0.253 e. The van der Waals surface area contributed by atoms with Crippen LogP contribution >= 0.6 is 0 Å². The molecule has 0 radical (unpaired) electrons. The minimum atomic E-state index is -0.525. The normalized spacial score (nSPS) is 29.7. The number of carbonyl (C=O) groups excluding carboxylic acids is 1. The Morgan fingerprint density at radius 1 is 0.966 bits per heavy atom. The molecule has 0 spiro atoms. The molecular weight excluding hydrogens is 365 g/mol. The maximum absolute atomic E-state index is 14.4. The van der Waals surface area contributed by atoms with Gasteiger partial charge in [0, 0.05) is 19.7 Å². The van der Waals surface area contributed by atoms with E-state index in [0.717, 1.165) is 17.8 Å². The molecule has 3 nitrogen and oxygen atoms in total. The lowest BCUT2D eigenvalue weighted by molar-refractivity contribution is -0.00520. The van der Waals surface area contributed by atoms with Crippen LogP contribution in [0.2, 0.25) is 0 Å². The fourth-order valence-corrected chi connectivity index (χ4v) is 6.44. The van der Waals surface area contributed by atoms with Crippen molar-refractivity contribution in [2.75, 3.05) is 14.1 Å². The standard InChI is InChI=1S/C25H28FNO2/c1-27(2)24(28)19-3-8-23(22(26)12-19)29-21-6-4-20(5-7-21)25-13-16-9-17(14-25)11-18(10-16)15-25/h3-8,12,16-18H,9-11,13-15H2,1-2H3. The summed E-state index contributed by atoms with van der Waals surface area (Å²) in [6, 6.07) is 12.7. The van der Waals surface area contributed by atoms with Crippen LogP contribution in [0.4, 0.5) is 4.39 Å². The number of nitrogens with zero attached hydrogens (tertiary/aromatic N) is 1. The van der Waals surface area contributed by atoms with Crippen LogP contribution in [-0.2, 0) is 5.41 Å². The zero-order valence-electron chi connectivity index (χ0n) is 17.2. The first-order valence-electron chi connectivity index (χ1n) is 10.7. The minimum absolute atomic E-state index is 0.142. The summed E-state index contributed by atoms with van der Waals surface area (Å²) in [5.41, 5.74) is 2.10. The summed E-state index contributed by atoms with van der Waals surface area (Å²) in [7, 11) is 3.30. The predicted octanol–water partition coefficient (Wildman–Crippen LogP) is 5.79. The first-order valence-corrected chi connectivity index (χ1v) is 10.7. The first-order chi connectivity index (χ1) is 13.9. The number of benzene rings is 2. The van der Waals surface area contributed by atoms with Crippen LogP contribution in [0.3, 0.4) is 0 Å². The van der Waals surface area contributed by atoms with E-state index in [1.165, 1.54) is 61.1 Å². The molecule has 0 unspecified atom stereocenters. The van der Waals surface area contributed by atoms with Gasteiger partial charge in [-0.3, -0.25) is 4.79 Å². The smallest absolute Gasteiger partial charge is 0.253 e. The molecular formula is C25H28FNO2. The van der Waals surface area contributed by atoms with Gasteiger partial charge >= 0.3 is 0 Å². The molecule has 4 aliphatic carbocycles. The summed E-state index contributed by atoms with van der Waals surface area (Å²) in [5, 5.41) is 0. The molecule has 0 heterocycles. The molecule has 4 fully saturated rings. The number of hydrogen-bond acceptors (Lipinski definition) is 2. The zero-order valence-corrected chi connectivity index (χ0v) is 17.2. The van der Waals surface area contributed by atoms with Crippen LogP contribution in [0.15, 0.2) is 42.5 Å². The van der Waals surface area contributed by atoms with Gasteiger partial charge in [0.15, 0.2) is 11.6 Å². The highest BCUT2D eigenvalue weighted by molar-refractivity contribution is 5.94. The van der Waals surface area contributed by atoms with Crippen LogP contribution in [0.25, 0.3) is 0 Å². The van der Waals surface area contributed by atoms with Crippen LogP contribution in [0.5, 0.6) is 11.5 Å². The van der Waals surface area contributed by atoms with Gasteiger partial charge in [0.05, 0.1) is 0 Å². The Hall–Kier alpha value is -2.36. The topological polar surface area (TPSA) is 29.5 Å². The monoisotopic (exact) mass is 393 g/mol. The van der Waals surface area contributed by atoms with Crippen molar-refractivity contribution < 1.29 is 13.9 Å². The second-order valence-electron chi connectivity index (χ2n) is 9.67. The van der Waals surface area contributed by atoms with Gasteiger partial charge in [-0.25, -0.2) is 4.39 Å². The summed E-state index contributed by atoms with van der Waals surface area (Å²) in [4.78, 5) is 13.4. The maximum atomic E-state index is 14.4. The third-order valence-electron chi connectivity index (χ3n) is 7.32. The quantitative estimate of drug-likeness (QED) is 0.658. The lowest BCUT2D eigenvalue weighted by atomic mass is 9.48. The first kappa shape index (κ1) is 18.7. The molecule has 6 rings (SSSR count). The van der Waals surface area contributed by atoms with E-state index in [1.54, 1.807) is 20.2 Å². The molecule has 4 saturated carbocycles. The summed E-state index contributed by atoms with van der Waals surface area (Å²) in [5.74, 6) is 2.75. The van der Waals surface area contributed by atoms with Crippen molar-refractivity contribution in [3.05, 3.63) is 59.4 Å². The van der Waals surface area contributed by atoms with E-state index in [0.29, 0.717) is 16.7 Å². The molecule has 0 aliphatic heterocycles. The second-order valence-corrected chi connectivity index (χ2v) is 9.67. The fourth-order valence-electron chi connectivity index (χ4n) is 6.44. The highest BCUT2D eigenvalue weighted by Crippen LogP contribution is 2.60. The van der Waals surface area contributed by atoms with E-state index in [-0.39, 0.29) is 11.7 Å².